The molecule has 0 aliphatic heterocycles. The number of ether oxygens (including phenoxy) is 1. The zero-order chi connectivity index (χ0) is 15.1. The van der Waals surface area contributed by atoms with Gasteiger partial charge in [0.1, 0.15) is 5.75 Å². The Labute approximate surface area is 125 Å². The molecule has 1 aromatic carbocycles. The maximum absolute atomic E-state index is 11.9. The first-order chi connectivity index (χ1) is 9.43. The highest BCUT2D eigenvalue weighted by molar-refractivity contribution is 6.31. The number of anilines is 1. The number of carbonyl (C=O) groups excluding carboxylic acids is 1. The summed E-state index contributed by atoms with van der Waals surface area (Å²) in [5, 5.41) is 6.77. The fourth-order valence-electron chi connectivity index (χ4n) is 1.78. The predicted octanol–water partition coefficient (Wildman–Crippen LogP) is 3.37. The van der Waals surface area contributed by atoms with Crippen LogP contribution in [0.1, 0.15) is 32.3 Å². The lowest BCUT2D eigenvalue weighted by atomic mass is 10.2. The van der Waals surface area contributed by atoms with Gasteiger partial charge in [-0.3, -0.25) is 4.79 Å². The molecule has 4 nitrogen and oxygen atoms in total. The number of rotatable bonds is 7. The summed E-state index contributed by atoms with van der Waals surface area (Å²) in [6.45, 7) is 6.90. The van der Waals surface area contributed by atoms with Crippen molar-refractivity contribution in [3.05, 3.63) is 22.7 Å². The molecule has 112 valence electrons. The maximum Gasteiger partial charge on any atom is 0.224 e. The van der Waals surface area contributed by atoms with E-state index in [-0.39, 0.29) is 5.91 Å². The van der Waals surface area contributed by atoms with Crippen LogP contribution in [0.25, 0.3) is 0 Å². The molecule has 1 rings (SSSR count). The van der Waals surface area contributed by atoms with Gasteiger partial charge >= 0.3 is 0 Å². The Morgan fingerprint density at radius 1 is 1.40 bits per heavy atom. The average molecular weight is 299 g/mol. The molecule has 0 saturated heterocycles. The molecule has 20 heavy (non-hydrogen) atoms. The highest BCUT2D eigenvalue weighted by atomic mass is 35.5. The molecule has 0 fully saturated rings. The highest BCUT2D eigenvalue weighted by Gasteiger charge is 2.10. The monoisotopic (exact) mass is 298 g/mol. The molecule has 1 aromatic rings. The maximum atomic E-state index is 11.9. The largest absolute Gasteiger partial charge is 0.495 e. The molecule has 0 aliphatic carbocycles. The third-order valence-corrected chi connectivity index (χ3v) is 3.30. The highest BCUT2D eigenvalue weighted by Crippen LogP contribution is 2.30. The van der Waals surface area contributed by atoms with Crippen LogP contribution in [0.4, 0.5) is 5.69 Å². The van der Waals surface area contributed by atoms with Gasteiger partial charge in [0.25, 0.3) is 0 Å². The van der Waals surface area contributed by atoms with Crippen LogP contribution in [-0.2, 0) is 4.79 Å². The van der Waals surface area contributed by atoms with Gasteiger partial charge < -0.3 is 15.4 Å². The summed E-state index contributed by atoms with van der Waals surface area (Å²) >= 11 is 6.03. The van der Waals surface area contributed by atoms with Crippen LogP contribution in [0.5, 0.6) is 5.75 Å². The summed E-state index contributed by atoms with van der Waals surface area (Å²) in [5.74, 6) is 0.560. The molecule has 2 N–H and O–H groups in total. The van der Waals surface area contributed by atoms with Crippen molar-refractivity contribution in [2.75, 3.05) is 19.0 Å². The van der Waals surface area contributed by atoms with Gasteiger partial charge in [0.2, 0.25) is 5.91 Å². The first-order valence-corrected chi connectivity index (χ1v) is 7.19. The summed E-state index contributed by atoms with van der Waals surface area (Å²) in [7, 11) is 1.56. The topological polar surface area (TPSA) is 50.4 Å². The van der Waals surface area contributed by atoms with Crippen molar-refractivity contribution in [1.82, 2.24) is 5.32 Å². The number of halogens is 1. The van der Waals surface area contributed by atoms with Crippen molar-refractivity contribution in [1.29, 1.82) is 0 Å². The first-order valence-electron chi connectivity index (χ1n) is 6.81. The van der Waals surface area contributed by atoms with Gasteiger partial charge in [-0.1, -0.05) is 25.4 Å². The third kappa shape index (κ3) is 5.39. The van der Waals surface area contributed by atoms with Crippen LogP contribution >= 0.6 is 11.6 Å². The second-order valence-corrected chi connectivity index (χ2v) is 5.47. The molecule has 0 unspecified atom stereocenters. The molecule has 0 radical (unpaired) electrons. The molecular weight excluding hydrogens is 276 g/mol. The van der Waals surface area contributed by atoms with Crippen LogP contribution in [0.3, 0.4) is 0 Å². The van der Waals surface area contributed by atoms with E-state index in [0.29, 0.717) is 28.9 Å². The van der Waals surface area contributed by atoms with Crippen LogP contribution in [0.2, 0.25) is 5.02 Å². The van der Waals surface area contributed by atoms with Crippen LogP contribution in [0, 0.1) is 6.92 Å². The minimum absolute atomic E-state index is 0.0180. The summed E-state index contributed by atoms with van der Waals surface area (Å²) < 4.78 is 5.23. The van der Waals surface area contributed by atoms with Crippen LogP contribution in [0.15, 0.2) is 12.1 Å². The van der Waals surface area contributed by atoms with Crippen LogP contribution < -0.4 is 15.4 Å². The van der Waals surface area contributed by atoms with E-state index >= 15 is 0 Å². The van der Waals surface area contributed by atoms with Gasteiger partial charge in [0.05, 0.1) is 12.8 Å². The van der Waals surface area contributed by atoms with Gasteiger partial charge in [0, 0.05) is 23.6 Å². The van der Waals surface area contributed by atoms with Crippen molar-refractivity contribution in [2.24, 2.45) is 0 Å². The fraction of sp³-hybridized carbons (Fsp3) is 0.533. The van der Waals surface area contributed by atoms with E-state index in [0.717, 1.165) is 18.5 Å². The lowest BCUT2D eigenvalue weighted by Crippen LogP contribution is -2.24. The lowest BCUT2D eigenvalue weighted by Gasteiger charge is -2.12. The van der Waals surface area contributed by atoms with E-state index < -0.39 is 0 Å². The van der Waals surface area contributed by atoms with E-state index in [1.165, 1.54) is 0 Å². The molecule has 0 atom stereocenters. The molecule has 0 heterocycles. The Balaban J connectivity index is 2.55. The molecule has 0 saturated carbocycles. The quantitative estimate of drug-likeness (QED) is 0.759. The number of aryl methyl sites for hydroxylation is 1. The van der Waals surface area contributed by atoms with Crippen LogP contribution in [-0.4, -0.2) is 25.6 Å². The average Bonchev–Trinajstić information content (AvgIpc) is 2.38. The molecular formula is C15H23ClN2O2. The number of amides is 1. The number of hydrogen-bond donors (Lipinski definition) is 2. The number of benzene rings is 1. The van der Waals surface area contributed by atoms with Gasteiger partial charge in [-0.05, 0) is 31.5 Å². The Morgan fingerprint density at radius 2 is 2.10 bits per heavy atom. The SMILES string of the molecule is COc1cc(Cl)c(C)cc1NC(=O)CCCNC(C)C. The van der Waals surface area contributed by atoms with Crippen molar-refractivity contribution < 1.29 is 9.53 Å². The summed E-state index contributed by atoms with van der Waals surface area (Å²) in [4.78, 5) is 11.9. The van der Waals surface area contributed by atoms with Crippen molar-refractivity contribution in [3.8, 4) is 5.75 Å². The van der Waals surface area contributed by atoms with E-state index in [9.17, 15) is 4.79 Å². The summed E-state index contributed by atoms with van der Waals surface area (Å²) in [6.07, 6.45) is 1.28. The Morgan fingerprint density at radius 3 is 2.70 bits per heavy atom. The normalized spacial score (nSPS) is 10.7. The van der Waals surface area contributed by atoms with Gasteiger partial charge in [-0.2, -0.15) is 0 Å². The molecule has 0 aromatic heterocycles. The number of carbonyl (C=O) groups is 1. The summed E-state index contributed by atoms with van der Waals surface area (Å²) in [5.41, 5.74) is 1.57. The van der Waals surface area contributed by atoms with E-state index in [4.69, 9.17) is 16.3 Å². The second kappa shape index (κ2) is 8.12. The second-order valence-electron chi connectivity index (χ2n) is 5.06. The van der Waals surface area contributed by atoms with Gasteiger partial charge in [-0.15, -0.1) is 0 Å². The number of hydrogen-bond acceptors (Lipinski definition) is 3. The Hall–Kier alpha value is -1.26. The van der Waals surface area contributed by atoms with Gasteiger partial charge in [-0.25, -0.2) is 0 Å². The van der Waals surface area contributed by atoms with Crippen molar-refractivity contribution in [2.45, 2.75) is 39.7 Å². The minimum Gasteiger partial charge on any atom is -0.495 e. The first kappa shape index (κ1) is 16.8. The zero-order valence-corrected chi connectivity index (χ0v) is 13.3. The Kier molecular flexibility index (Phi) is 6.82. The zero-order valence-electron chi connectivity index (χ0n) is 12.5. The molecule has 1 amide bonds. The molecule has 0 aliphatic rings. The van der Waals surface area contributed by atoms with Crippen molar-refractivity contribution in [3.63, 3.8) is 0 Å². The van der Waals surface area contributed by atoms with E-state index in [1.54, 1.807) is 13.2 Å². The van der Waals surface area contributed by atoms with E-state index in [1.807, 2.05) is 13.0 Å². The lowest BCUT2D eigenvalue weighted by molar-refractivity contribution is -0.116. The minimum atomic E-state index is -0.0180. The third-order valence-electron chi connectivity index (χ3n) is 2.89. The van der Waals surface area contributed by atoms with Gasteiger partial charge in [0.15, 0.2) is 0 Å². The molecule has 0 bridgehead atoms. The number of nitrogens with one attached hydrogen (secondary N) is 2. The molecule has 0 spiro atoms. The number of methoxy groups -OCH3 is 1. The predicted molar refractivity (Wildman–Crippen MR) is 83.7 cm³/mol. The smallest absolute Gasteiger partial charge is 0.224 e. The summed E-state index contributed by atoms with van der Waals surface area (Å²) in [6, 6.07) is 3.98. The standard InChI is InChI=1S/C15H23ClN2O2/c1-10(2)17-7-5-6-15(19)18-13-8-11(3)12(16)9-14(13)20-4/h8-10,17H,5-7H2,1-4H3,(H,18,19). The Bertz CT molecular complexity index is 461. The fourth-order valence-corrected chi connectivity index (χ4v) is 1.94. The van der Waals surface area contributed by atoms with Crippen molar-refractivity contribution >= 4 is 23.2 Å². The molecule has 5 heteroatoms. The van der Waals surface area contributed by atoms with E-state index in [2.05, 4.69) is 24.5 Å².